The molecule has 0 aromatic heterocycles. The zero-order chi connectivity index (χ0) is 13.7. The predicted octanol–water partition coefficient (Wildman–Crippen LogP) is 2.46. The molecule has 3 nitrogen and oxygen atoms in total. The van der Waals surface area contributed by atoms with E-state index in [1.807, 2.05) is 12.1 Å². The van der Waals surface area contributed by atoms with Crippen molar-refractivity contribution < 1.29 is 4.79 Å². The molecule has 1 aliphatic heterocycles. The Morgan fingerprint density at radius 2 is 2.25 bits per heavy atom. The maximum atomic E-state index is 11.9. The summed E-state index contributed by atoms with van der Waals surface area (Å²) in [5.74, 6) is 0.762. The van der Waals surface area contributed by atoms with Crippen molar-refractivity contribution in [3.05, 3.63) is 35.4 Å². The van der Waals surface area contributed by atoms with Crippen LogP contribution in [0.5, 0.6) is 0 Å². The fourth-order valence-electron chi connectivity index (χ4n) is 2.68. The van der Waals surface area contributed by atoms with E-state index in [4.69, 9.17) is 0 Å². The van der Waals surface area contributed by atoms with Crippen LogP contribution >= 0.6 is 12.4 Å². The van der Waals surface area contributed by atoms with E-state index in [9.17, 15) is 4.79 Å². The van der Waals surface area contributed by atoms with Crippen molar-refractivity contribution in [3.8, 4) is 0 Å². The van der Waals surface area contributed by atoms with Gasteiger partial charge in [0.2, 0.25) is 5.91 Å². The monoisotopic (exact) mass is 296 g/mol. The van der Waals surface area contributed by atoms with Crippen molar-refractivity contribution >= 4 is 18.3 Å². The van der Waals surface area contributed by atoms with Gasteiger partial charge in [0, 0.05) is 12.6 Å². The minimum atomic E-state index is 0. The fourth-order valence-corrected chi connectivity index (χ4v) is 2.68. The molecule has 0 radical (unpaired) electrons. The molecular weight excluding hydrogens is 272 g/mol. The van der Waals surface area contributed by atoms with Crippen molar-refractivity contribution in [1.82, 2.24) is 10.6 Å². The highest BCUT2D eigenvalue weighted by Crippen LogP contribution is 2.14. The van der Waals surface area contributed by atoms with Gasteiger partial charge >= 0.3 is 0 Å². The standard InChI is InChI=1S/C16H24N2O.ClH/c1-12-5-3-7-14(9-12)10-16(19)18-11-15-13(2)6-4-8-17-15;/h3,5,7,9,13,15,17H,4,6,8,10-11H2,1-2H3,(H,18,19);1H. The summed E-state index contributed by atoms with van der Waals surface area (Å²) in [6, 6.07) is 8.56. The Morgan fingerprint density at radius 1 is 1.45 bits per heavy atom. The van der Waals surface area contributed by atoms with Crippen LogP contribution in [-0.2, 0) is 11.2 Å². The van der Waals surface area contributed by atoms with Gasteiger partial charge in [-0.3, -0.25) is 4.79 Å². The molecular formula is C16H25ClN2O. The van der Waals surface area contributed by atoms with E-state index in [0.717, 1.165) is 18.7 Å². The van der Waals surface area contributed by atoms with Gasteiger partial charge < -0.3 is 10.6 Å². The van der Waals surface area contributed by atoms with Gasteiger partial charge in [-0.15, -0.1) is 12.4 Å². The van der Waals surface area contributed by atoms with Gasteiger partial charge in [0.05, 0.1) is 6.42 Å². The van der Waals surface area contributed by atoms with E-state index >= 15 is 0 Å². The predicted molar refractivity (Wildman–Crippen MR) is 85.3 cm³/mol. The largest absolute Gasteiger partial charge is 0.354 e. The Hall–Kier alpha value is -1.06. The van der Waals surface area contributed by atoms with Crippen molar-refractivity contribution in [2.45, 2.75) is 39.2 Å². The Labute approximate surface area is 127 Å². The van der Waals surface area contributed by atoms with Gasteiger partial charge in [-0.1, -0.05) is 36.8 Å². The van der Waals surface area contributed by atoms with Crippen molar-refractivity contribution in [2.24, 2.45) is 5.92 Å². The van der Waals surface area contributed by atoms with Crippen LogP contribution in [0, 0.1) is 12.8 Å². The van der Waals surface area contributed by atoms with Gasteiger partial charge in [-0.25, -0.2) is 0 Å². The van der Waals surface area contributed by atoms with Crippen LogP contribution in [-0.4, -0.2) is 25.0 Å². The molecule has 112 valence electrons. The Morgan fingerprint density at radius 3 is 2.95 bits per heavy atom. The first kappa shape index (κ1) is 17.0. The molecule has 1 heterocycles. The minimum absolute atomic E-state index is 0. The second-order valence-corrected chi connectivity index (χ2v) is 5.65. The molecule has 1 aromatic carbocycles. The van der Waals surface area contributed by atoms with Gasteiger partial charge in [-0.2, -0.15) is 0 Å². The average molecular weight is 297 g/mol. The maximum Gasteiger partial charge on any atom is 0.224 e. The number of benzene rings is 1. The number of carbonyl (C=O) groups excluding carboxylic acids is 1. The molecule has 1 saturated heterocycles. The van der Waals surface area contributed by atoms with E-state index in [1.165, 1.54) is 18.4 Å². The summed E-state index contributed by atoms with van der Waals surface area (Å²) < 4.78 is 0. The maximum absolute atomic E-state index is 11.9. The number of piperidine rings is 1. The second kappa shape index (κ2) is 8.28. The summed E-state index contributed by atoms with van der Waals surface area (Å²) in [6.07, 6.45) is 2.98. The number of halogens is 1. The molecule has 4 heteroatoms. The van der Waals surface area contributed by atoms with Crippen molar-refractivity contribution in [2.75, 3.05) is 13.1 Å². The van der Waals surface area contributed by atoms with Gasteiger partial charge in [0.1, 0.15) is 0 Å². The minimum Gasteiger partial charge on any atom is -0.354 e. The van der Waals surface area contributed by atoms with Gasteiger partial charge in [-0.05, 0) is 37.8 Å². The Bertz CT molecular complexity index is 436. The number of carbonyl (C=O) groups is 1. The molecule has 1 aliphatic rings. The highest BCUT2D eigenvalue weighted by atomic mass is 35.5. The quantitative estimate of drug-likeness (QED) is 0.896. The number of nitrogens with one attached hydrogen (secondary N) is 2. The van der Waals surface area contributed by atoms with Crippen molar-refractivity contribution in [3.63, 3.8) is 0 Å². The SMILES string of the molecule is Cc1cccc(CC(=O)NCC2NCCCC2C)c1.Cl. The summed E-state index contributed by atoms with van der Waals surface area (Å²) in [5, 5.41) is 6.53. The molecule has 2 atom stereocenters. The molecule has 0 saturated carbocycles. The number of rotatable bonds is 4. The summed E-state index contributed by atoms with van der Waals surface area (Å²) in [5.41, 5.74) is 2.29. The van der Waals surface area contributed by atoms with Crippen LogP contribution in [0.3, 0.4) is 0 Å². The van der Waals surface area contributed by atoms with Crippen molar-refractivity contribution in [1.29, 1.82) is 0 Å². The lowest BCUT2D eigenvalue weighted by Gasteiger charge is -2.30. The second-order valence-electron chi connectivity index (χ2n) is 5.65. The summed E-state index contributed by atoms with van der Waals surface area (Å²) in [7, 11) is 0. The molecule has 20 heavy (non-hydrogen) atoms. The first-order valence-corrected chi connectivity index (χ1v) is 7.21. The van der Waals surface area contributed by atoms with E-state index in [2.05, 4.69) is 36.6 Å². The number of aryl methyl sites for hydroxylation is 1. The molecule has 0 aliphatic carbocycles. The van der Waals surface area contributed by atoms with Crippen LogP contribution in [0.4, 0.5) is 0 Å². The first-order valence-electron chi connectivity index (χ1n) is 7.21. The zero-order valence-electron chi connectivity index (χ0n) is 12.3. The fraction of sp³-hybridized carbons (Fsp3) is 0.562. The van der Waals surface area contributed by atoms with E-state index in [1.54, 1.807) is 0 Å². The lowest BCUT2D eigenvalue weighted by Crippen LogP contribution is -2.48. The average Bonchev–Trinajstić information content (AvgIpc) is 2.38. The zero-order valence-corrected chi connectivity index (χ0v) is 13.1. The highest BCUT2D eigenvalue weighted by Gasteiger charge is 2.20. The molecule has 0 spiro atoms. The van der Waals surface area contributed by atoms with Crippen LogP contribution in [0.1, 0.15) is 30.9 Å². The van der Waals surface area contributed by atoms with Crippen LogP contribution < -0.4 is 10.6 Å². The van der Waals surface area contributed by atoms with E-state index in [-0.39, 0.29) is 18.3 Å². The van der Waals surface area contributed by atoms with Crippen LogP contribution in [0.2, 0.25) is 0 Å². The molecule has 2 unspecified atom stereocenters. The van der Waals surface area contributed by atoms with Gasteiger partial charge in [0.25, 0.3) is 0 Å². The van der Waals surface area contributed by atoms with Crippen LogP contribution in [0.25, 0.3) is 0 Å². The lowest BCUT2D eigenvalue weighted by molar-refractivity contribution is -0.120. The lowest BCUT2D eigenvalue weighted by atomic mass is 9.93. The summed E-state index contributed by atoms with van der Waals surface area (Å²) >= 11 is 0. The third-order valence-corrected chi connectivity index (χ3v) is 3.90. The molecule has 1 fully saturated rings. The number of amides is 1. The molecule has 2 N–H and O–H groups in total. The Kier molecular flexibility index (Phi) is 7.03. The van der Waals surface area contributed by atoms with Gasteiger partial charge in [0.15, 0.2) is 0 Å². The van der Waals surface area contributed by atoms with Crippen LogP contribution in [0.15, 0.2) is 24.3 Å². The topological polar surface area (TPSA) is 41.1 Å². The number of hydrogen-bond acceptors (Lipinski definition) is 2. The Balaban J connectivity index is 0.00000200. The molecule has 1 amide bonds. The van der Waals surface area contributed by atoms with E-state index in [0.29, 0.717) is 18.4 Å². The first-order chi connectivity index (χ1) is 9.15. The number of hydrogen-bond donors (Lipinski definition) is 2. The summed E-state index contributed by atoms with van der Waals surface area (Å²) in [4.78, 5) is 11.9. The third-order valence-electron chi connectivity index (χ3n) is 3.90. The molecule has 2 rings (SSSR count). The highest BCUT2D eigenvalue weighted by molar-refractivity contribution is 5.85. The smallest absolute Gasteiger partial charge is 0.224 e. The third kappa shape index (κ3) is 5.14. The molecule has 0 bridgehead atoms. The molecule has 1 aromatic rings. The van der Waals surface area contributed by atoms with E-state index < -0.39 is 0 Å². The normalized spacial score (nSPS) is 21.9. The summed E-state index contributed by atoms with van der Waals surface area (Å²) in [6.45, 7) is 6.12.